The van der Waals surface area contributed by atoms with Crippen LogP contribution in [0, 0.1) is 12.8 Å². The predicted octanol–water partition coefficient (Wildman–Crippen LogP) is 6.73. The molecule has 4 heterocycles. The summed E-state index contributed by atoms with van der Waals surface area (Å²) in [5.74, 6) is 0.519. The van der Waals surface area contributed by atoms with Gasteiger partial charge in [0.05, 0.1) is 41.8 Å². The second-order valence-corrected chi connectivity index (χ2v) is 11.9. The molecule has 1 aliphatic rings. The van der Waals surface area contributed by atoms with Crippen LogP contribution in [0.25, 0.3) is 27.3 Å². The summed E-state index contributed by atoms with van der Waals surface area (Å²) in [5.41, 5.74) is 8.22. The van der Waals surface area contributed by atoms with Gasteiger partial charge in [-0.25, -0.2) is 4.68 Å². The summed E-state index contributed by atoms with van der Waals surface area (Å²) >= 11 is 7.64. The minimum Gasteiger partial charge on any atom is -0.496 e. The van der Waals surface area contributed by atoms with Crippen LogP contribution in [0.4, 0.5) is 13.2 Å². The van der Waals surface area contributed by atoms with Gasteiger partial charge in [-0.05, 0) is 49.1 Å². The molecule has 43 heavy (non-hydrogen) atoms. The number of hydrogen-bond donors (Lipinski definition) is 1. The third-order valence-corrected chi connectivity index (χ3v) is 8.86. The van der Waals surface area contributed by atoms with Gasteiger partial charge >= 0.3 is 6.18 Å². The number of hydrogen-bond acceptors (Lipinski definition) is 7. The Morgan fingerprint density at radius 2 is 1.98 bits per heavy atom. The Kier molecular flexibility index (Phi) is 7.46. The summed E-state index contributed by atoms with van der Waals surface area (Å²) in [4.78, 5) is 17.9. The average molecular weight is 628 g/mol. The number of nitrogens with two attached hydrogens (primary N) is 1. The maximum absolute atomic E-state index is 13.2. The molecule has 0 saturated heterocycles. The van der Waals surface area contributed by atoms with E-state index in [9.17, 15) is 18.0 Å². The number of alkyl halides is 3. The number of amides is 1. The molecule has 0 bridgehead atoms. The van der Waals surface area contributed by atoms with Gasteiger partial charge in [0.1, 0.15) is 5.75 Å². The first kappa shape index (κ1) is 28.9. The number of aromatic nitrogens is 6. The molecular formula is C29H25ClF3N7O2S. The number of primary amides is 1. The second-order valence-electron chi connectivity index (χ2n) is 10.4. The summed E-state index contributed by atoms with van der Waals surface area (Å²) in [6, 6.07) is 8.14. The van der Waals surface area contributed by atoms with Gasteiger partial charge in [-0.3, -0.25) is 14.5 Å². The van der Waals surface area contributed by atoms with Crippen LogP contribution < -0.4 is 10.5 Å². The Morgan fingerprint density at radius 3 is 2.63 bits per heavy atom. The number of nitrogens with zero attached hydrogens (tertiary/aromatic N) is 6. The average Bonchev–Trinajstić information content (AvgIpc) is 3.31. The Hall–Kier alpha value is -4.23. The molecule has 1 saturated carbocycles. The largest absolute Gasteiger partial charge is 0.496 e. The van der Waals surface area contributed by atoms with E-state index in [1.54, 1.807) is 36.7 Å². The van der Waals surface area contributed by atoms with E-state index < -0.39 is 17.8 Å². The highest BCUT2D eigenvalue weighted by Crippen LogP contribution is 2.42. The van der Waals surface area contributed by atoms with Crippen LogP contribution in [0.5, 0.6) is 5.75 Å². The van der Waals surface area contributed by atoms with Crippen molar-refractivity contribution in [2.45, 2.75) is 38.4 Å². The van der Waals surface area contributed by atoms with Crippen LogP contribution in [-0.4, -0.2) is 42.8 Å². The van der Waals surface area contributed by atoms with Crippen LogP contribution in [0.2, 0.25) is 5.02 Å². The van der Waals surface area contributed by atoms with Crippen molar-refractivity contribution in [2.24, 2.45) is 11.7 Å². The number of pyridine rings is 1. The van der Waals surface area contributed by atoms with Crippen LogP contribution in [0.15, 0.2) is 55.1 Å². The first-order valence-electron chi connectivity index (χ1n) is 13.3. The number of halogens is 4. The summed E-state index contributed by atoms with van der Waals surface area (Å²) < 4.78 is 48.4. The molecule has 5 aromatic rings. The lowest BCUT2D eigenvalue weighted by atomic mass is 10.0. The molecule has 14 heteroatoms. The van der Waals surface area contributed by atoms with Gasteiger partial charge in [0, 0.05) is 45.1 Å². The van der Waals surface area contributed by atoms with E-state index in [1.165, 1.54) is 18.4 Å². The SMILES string of the molecule is COc1cc([C@H](CC2CC2)n2cc(-c3sc(C(N)=O)cc3C)cn2)ncc1-c1cc(Cl)ccc1-n1cc(C(F)(F)F)nn1. The highest BCUT2D eigenvalue weighted by molar-refractivity contribution is 7.17. The molecule has 9 nitrogen and oxygen atoms in total. The molecule has 222 valence electrons. The molecule has 0 unspecified atom stereocenters. The maximum atomic E-state index is 13.2. The van der Waals surface area contributed by atoms with Gasteiger partial charge in [0.2, 0.25) is 0 Å². The zero-order valence-corrected chi connectivity index (χ0v) is 24.5. The van der Waals surface area contributed by atoms with Crippen LogP contribution >= 0.6 is 22.9 Å². The van der Waals surface area contributed by atoms with Gasteiger partial charge in [0.15, 0.2) is 5.69 Å². The normalized spacial score (nSPS) is 14.2. The number of rotatable bonds is 9. The minimum absolute atomic E-state index is 0.205. The lowest BCUT2D eigenvalue weighted by molar-refractivity contribution is -0.141. The van der Waals surface area contributed by atoms with Crippen molar-refractivity contribution in [2.75, 3.05) is 7.11 Å². The van der Waals surface area contributed by atoms with Crippen molar-refractivity contribution in [3.8, 4) is 33.0 Å². The Bertz CT molecular complexity index is 1830. The lowest BCUT2D eigenvalue weighted by Gasteiger charge is -2.20. The molecule has 0 aliphatic heterocycles. The Morgan fingerprint density at radius 1 is 1.19 bits per heavy atom. The van der Waals surface area contributed by atoms with Gasteiger partial charge in [-0.15, -0.1) is 16.4 Å². The third kappa shape index (κ3) is 5.87. The lowest BCUT2D eigenvalue weighted by Crippen LogP contribution is -2.14. The molecule has 0 spiro atoms. The Balaban J connectivity index is 1.39. The molecule has 0 radical (unpaired) electrons. The topological polar surface area (TPSA) is 114 Å². The standard InChI is InChI=1S/C29H25ClF3N7O2S/c1-15-7-25(28(34)41)43-27(15)17-11-36-39(13-17)23(8-16-3-4-16)21-10-24(42-2)20(12-35-21)19-9-18(30)5-6-22(19)40-14-26(37-38-40)29(31,32)33/h5-7,9-14,16,23H,3-4,8H2,1-2H3,(H2,34,41)/t23-/m0/s1. The summed E-state index contributed by atoms with van der Waals surface area (Å²) in [6.45, 7) is 1.93. The van der Waals surface area contributed by atoms with Crippen molar-refractivity contribution in [3.63, 3.8) is 0 Å². The quantitative estimate of drug-likeness (QED) is 0.194. The van der Waals surface area contributed by atoms with Crippen molar-refractivity contribution in [1.29, 1.82) is 0 Å². The molecule has 2 N–H and O–H groups in total. The fourth-order valence-electron chi connectivity index (χ4n) is 4.99. The molecule has 1 aromatic carbocycles. The number of carbonyl (C=O) groups excluding carboxylic acids is 1. The van der Waals surface area contributed by atoms with E-state index in [4.69, 9.17) is 27.1 Å². The van der Waals surface area contributed by atoms with E-state index in [2.05, 4.69) is 15.4 Å². The Labute approximate surface area is 253 Å². The molecule has 6 rings (SSSR count). The summed E-state index contributed by atoms with van der Waals surface area (Å²) in [5, 5.41) is 12.0. The first-order valence-corrected chi connectivity index (χ1v) is 14.5. The van der Waals surface area contributed by atoms with E-state index in [0.29, 0.717) is 44.1 Å². The highest BCUT2D eigenvalue weighted by Gasteiger charge is 2.35. The number of aryl methyl sites for hydroxylation is 1. The zero-order chi connectivity index (χ0) is 30.5. The maximum Gasteiger partial charge on any atom is 0.436 e. The van der Waals surface area contributed by atoms with Crippen molar-refractivity contribution >= 4 is 28.8 Å². The highest BCUT2D eigenvalue weighted by atomic mass is 35.5. The summed E-state index contributed by atoms with van der Waals surface area (Å²) in [7, 11) is 1.52. The fraction of sp³-hybridized carbons (Fsp3) is 0.276. The van der Waals surface area contributed by atoms with Crippen LogP contribution in [0.3, 0.4) is 0 Å². The molecular weight excluding hydrogens is 603 g/mol. The number of methoxy groups -OCH3 is 1. The van der Waals surface area contributed by atoms with E-state index in [-0.39, 0.29) is 6.04 Å². The number of carbonyl (C=O) groups is 1. The van der Waals surface area contributed by atoms with E-state index in [0.717, 1.165) is 46.1 Å². The molecule has 1 amide bonds. The van der Waals surface area contributed by atoms with E-state index in [1.807, 2.05) is 23.9 Å². The third-order valence-electron chi connectivity index (χ3n) is 7.33. The number of ether oxygens (including phenoxy) is 1. The van der Waals surface area contributed by atoms with Crippen LogP contribution in [-0.2, 0) is 6.18 Å². The molecule has 1 atom stereocenters. The van der Waals surface area contributed by atoms with Crippen molar-refractivity contribution < 1.29 is 22.7 Å². The predicted molar refractivity (Wildman–Crippen MR) is 155 cm³/mol. The fourth-order valence-corrected chi connectivity index (χ4v) is 6.16. The monoisotopic (exact) mass is 627 g/mol. The smallest absolute Gasteiger partial charge is 0.436 e. The van der Waals surface area contributed by atoms with Gasteiger partial charge < -0.3 is 10.5 Å². The molecule has 1 fully saturated rings. The van der Waals surface area contributed by atoms with Crippen molar-refractivity contribution in [1.82, 2.24) is 29.8 Å². The van der Waals surface area contributed by atoms with Gasteiger partial charge in [-0.1, -0.05) is 29.7 Å². The van der Waals surface area contributed by atoms with Gasteiger partial charge in [0.25, 0.3) is 5.91 Å². The summed E-state index contributed by atoms with van der Waals surface area (Å²) in [6.07, 6.45) is 4.57. The second kappa shape index (κ2) is 11.1. The van der Waals surface area contributed by atoms with Crippen molar-refractivity contribution in [3.05, 3.63) is 82.0 Å². The number of thiophene rings is 1. The molecule has 4 aromatic heterocycles. The zero-order valence-electron chi connectivity index (χ0n) is 23.0. The first-order chi connectivity index (χ1) is 20.5. The van der Waals surface area contributed by atoms with E-state index >= 15 is 0 Å². The van der Waals surface area contributed by atoms with Crippen LogP contribution in [0.1, 0.15) is 51.9 Å². The molecule has 1 aliphatic carbocycles. The number of benzene rings is 1. The van der Waals surface area contributed by atoms with Gasteiger partial charge in [-0.2, -0.15) is 18.3 Å². The minimum atomic E-state index is -4.64.